The zero-order chi connectivity index (χ0) is 18.6. The summed E-state index contributed by atoms with van der Waals surface area (Å²) in [7, 11) is 0. The van der Waals surface area contributed by atoms with Crippen LogP contribution in [0.1, 0.15) is 47.0 Å². The number of benzene rings is 1. The maximum atomic E-state index is 12.6. The molecule has 6 nitrogen and oxygen atoms in total. The number of β-amino-alcohol motifs (C(OH)–C–C–N with tert-alkyl or cyclic N) is 1. The number of rotatable bonds is 5. The summed E-state index contributed by atoms with van der Waals surface area (Å²) in [6.07, 6.45) is 3.93. The minimum absolute atomic E-state index is 0.00365. The van der Waals surface area contributed by atoms with E-state index in [1.807, 2.05) is 18.2 Å². The van der Waals surface area contributed by atoms with Gasteiger partial charge in [0.05, 0.1) is 21.8 Å². The van der Waals surface area contributed by atoms with Crippen LogP contribution in [-0.4, -0.2) is 66.4 Å². The van der Waals surface area contributed by atoms with E-state index in [-0.39, 0.29) is 18.6 Å². The zero-order valence-corrected chi connectivity index (χ0v) is 16.3. The Balaban J connectivity index is 1.43. The lowest BCUT2D eigenvalue weighted by Crippen LogP contribution is -2.38. The Morgan fingerprint density at radius 3 is 2.78 bits per heavy atom. The van der Waals surface area contributed by atoms with Gasteiger partial charge >= 0.3 is 0 Å². The van der Waals surface area contributed by atoms with Crippen LogP contribution in [0.3, 0.4) is 0 Å². The molecular weight excluding hydrogens is 362 g/mol. The van der Waals surface area contributed by atoms with Crippen molar-refractivity contribution in [3.8, 4) is 0 Å². The van der Waals surface area contributed by atoms with Crippen LogP contribution < -0.4 is 5.32 Å². The first-order chi connectivity index (χ1) is 13.2. The van der Waals surface area contributed by atoms with Gasteiger partial charge in [-0.05, 0) is 57.0 Å². The number of hydrogen-bond donors (Lipinski definition) is 2. The van der Waals surface area contributed by atoms with Gasteiger partial charge in [-0.1, -0.05) is 0 Å². The maximum Gasteiger partial charge on any atom is 0.251 e. The van der Waals surface area contributed by atoms with Crippen LogP contribution in [-0.2, 0) is 4.74 Å². The number of hydrogen-bond acceptors (Lipinski definition) is 6. The van der Waals surface area contributed by atoms with Crippen molar-refractivity contribution in [1.29, 1.82) is 0 Å². The van der Waals surface area contributed by atoms with Crippen LogP contribution in [0, 0.1) is 0 Å². The molecule has 1 aromatic heterocycles. The highest BCUT2D eigenvalue weighted by molar-refractivity contribution is 7.18. The standard InChI is InChI=1S/C20H27N3O3S/c24-10-9-23-7-3-14(4-8-23)20-22-17-2-1-15(13-18(17)27-20)19(25)21-16-5-11-26-12-6-16/h1-2,13-14,16,24H,3-12H2,(H,21,25). The predicted molar refractivity (Wildman–Crippen MR) is 106 cm³/mol. The summed E-state index contributed by atoms with van der Waals surface area (Å²) < 4.78 is 6.44. The van der Waals surface area contributed by atoms with Gasteiger partial charge in [0.1, 0.15) is 0 Å². The number of fused-ring (bicyclic) bond motifs is 1. The van der Waals surface area contributed by atoms with Gasteiger partial charge in [-0.25, -0.2) is 4.98 Å². The molecular formula is C20H27N3O3S. The average Bonchev–Trinajstić information content (AvgIpc) is 3.13. The van der Waals surface area contributed by atoms with E-state index in [9.17, 15) is 4.79 Å². The highest BCUT2D eigenvalue weighted by Gasteiger charge is 2.23. The molecule has 0 atom stereocenters. The number of ether oxygens (including phenoxy) is 1. The first-order valence-electron chi connectivity index (χ1n) is 9.85. The Bertz CT molecular complexity index is 780. The number of piperidine rings is 1. The number of carbonyl (C=O) groups is 1. The minimum atomic E-state index is -0.00365. The number of aromatic nitrogens is 1. The van der Waals surface area contributed by atoms with Crippen LogP contribution in [0.25, 0.3) is 10.2 Å². The molecule has 2 fully saturated rings. The monoisotopic (exact) mass is 389 g/mol. The summed E-state index contributed by atoms with van der Waals surface area (Å²) in [5.41, 5.74) is 1.69. The maximum absolute atomic E-state index is 12.6. The second kappa shape index (κ2) is 8.65. The molecule has 4 rings (SSSR count). The number of thiazole rings is 1. The van der Waals surface area contributed by atoms with E-state index < -0.39 is 0 Å². The molecule has 0 aliphatic carbocycles. The highest BCUT2D eigenvalue weighted by atomic mass is 32.1. The van der Waals surface area contributed by atoms with E-state index >= 15 is 0 Å². The fourth-order valence-corrected chi connectivity index (χ4v) is 5.09. The number of likely N-dealkylation sites (tertiary alicyclic amines) is 1. The molecule has 2 aliphatic rings. The van der Waals surface area contributed by atoms with E-state index in [0.29, 0.717) is 11.5 Å². The normalized spacial score (nSPS) is 20.2. The van der Waals surface area contributed by atoms with Gasteiger partial charge < -0.3 is 20.1 Å². The first-order valence-corrected chi connectivity index (χ1v) is 10.7. The quantitative estimate of drug-likeness (QED) is 0.821. The fourth-order valence-electron chi connectivity index (χ4n) is 3.91. The molecule has 0 bridgehead atoms. The van der Waals surface area contributed by atoms with Crippen LogP contribution in [0.15, 0.2) is 18.2 Å². The second-order valence-electron chi connectivity index (χ2n) is 7.43. The minimum Gasteiger partial charge on any atom is -0.395 e. The molecule has 1 aromatic carbocycles. The van der Waals surface area contributed by atoms with Crippen molar-refractivity contribution in [2.75, 3.05) is 39.5 Å². The Hall–Kier alpha value is -1.54. The third-order valence-electron chi connectivity index (χ3n) is 5.58. The molecule has 2 N–H and O–H groups in total. The first kappa shape index (κ1) is 18.8. The number of amides is 1. The highest BCUT2D eigenvalue weighted by Crippen LogP contribution is 2.34. The van der Waals surface area contributed by atoms with Gasteiger partial charge in [-0.2, -0.15) is 0 Å². The number of carbonyl (C=O) groups excluding carboxylic acids is 1. The third kappa shape index (κ3) is 4.48. The van der Waals surface area contributed by atoms with Crippen LogP contribution in [0.4, 0.5) is 0 Å². The number of nitrogens with one attached hydrogen (secondary N) is 1. The van der Waals surface area contributed by atoms with Crippen molar-refractivity contribution >= 4 is 27.5 Å². The van der Waals surface area contributed by atoms with E-state index in [4.69, 9.17) is 14.8 Å². The molecule has 0 saturated carbocycles. The summed E-state index contributed by atoms with van der Waals surface area (Å²) in [5, 5.41) is 13.4. The summed E-state index contributed by atoms with van der Waals surface area (Å²) in [6.45, 7) is 4.46. The smallest absolute Gasteiger partial charge is 0.251 e. The summed E-state index contributed by atoms with van der Waals surface area (Å²) in [5.74, 6) is 0.480. The van der Waals surface area contributed by atoms with Crippen molar-refractivity contribution in [3.63, 3.8) is 0 Å². The molecule has 2 aliphatic heterocycles. The zero-order valence-electron chi connectivity index (χ0n) is 15.5. The van der Waals surface area contributed by atoms with E-state index in [0.717, 1.165) is 68.7 Å². The SMILES string of the molecule is O=C(NC1CCOCC1)c1ccc2nc(C3CCN(CCO)CC3)sc2c1. The molecule has 146 valence electrons. The lowest BCUT2D eigenvalue weighted by molar-refractivity contribution is 0.0696. The summed E-state index contributed by atoms with van der Waals surface area (Å²) in [6, 6.07) is 6.04. The van der Waals surface area contributed by atoms with Crippen LogP contribution in [0.2, 0.25) is 0 Å². The molecule has 0 spiro atoms. The molecule has 7 heteroatoms. The van der Waals surface area contributed by atoms with Crippen molar-refractivity contribution in [2.45, 2.75) is 37.6 Å². The molecule has 27 heavy (non-hydrogen) atoms. The van der Waals surface area contributed by atoms with Crippen molar-refractivity contribution in [2.24, 2.45) is 0 Å². The van der Waals surface area contributed by atoms with Crippen LogP contribution >= 0.6 is 11.3 Å². The van der Waals surface area contributed by atoms with E-state index in [1.165, 1.54) is 5.01 Å². The topological polar surface area (TPSA) is 74.7 Å². The van der Waals surface area contributed by atoms with Gasteiger partial charge in [-0.15, -0.1) is 11.3 Å². The largest absolute Gasteiger partial charge is 0.395 e. The molecule has 0 unspecified atom stereocenters. The van der Waals surface area contributed by atoms with Crippen molar-refractivity contribution in [1.82, 2.24) is 15.2 Å². The van der Waals surface area contributed by atoms with Crippen molar-refractivity contribution in [3.05, 3.63) is 28.8 Å². The molecule has 3 heterocycles. The van der Waals surface area contributed by atoms with Gasteiger partial charge in [0.25, 0.3) is 5.91 Å². The molecule has 1 amide bonds. The lowest BCUT2D eigenvalue weighted by atomic mass is 9.97. The van der Waals surface area contributed by atoms with Crippen LogP contribution in [0.5, 0.6) is 0 Å². The predicted octanol–water partition coefficient (Wildman–Crippen LogP) is 2.38. The molecule has 2 aromatic rings. The molecule has 0 radical (unpaired) electrons. The number of nitrogens with zero attached hydrogens (tertiary/aromatic N) is 2. The lowest BCUT2D eigenvalue weighted by Gasteiger charge is -2.30. The Morgan fingerprint density at radius 2 is 2.04 bits per heavy atom. The third-order valence-corrected chi connectivity index (χ3v) is 6.76. The van der Waals surface area contributed by atoms with E-state index in [1.54, 1.807) is 11.3 Å². The fraction of sp³-hybridized carbons (Fsp3) is 0.600. The second-order valence-corrected chi connectivity index (χ2v) is 8.50. The summed E-state index contributed by atoms with van der Waals surface area (Å²) >= 11 is 1.72. The number of aliphatic hydroxyl groups is 1. The van der Waals surface area contributed by atoms with Gasteiger partial charge in [0, 0.05) is 37.3 Å². The van der Waals surface area contributed by atoms with Crippen molar-refractivity contribution < 1.29 is 14.6 Å². The van der Waals surface area contributed by atoms with Gasteiger partial charge in [-0.3, -0.25) is 4.79 Å². The Labute approximate surface area is 163 Å². The molecule has 2 saturated heterocycles. The van der Waals surface area contributed by atoms with Gasteiger partial charge in [0.15, 0.2) is 0 Å². The Morgan fingerprint density at radius 1 is 1.26 bits per heavy atom. The Kier molecular flexibility index (Phi) is 6.02. The summed E-state index contributed by atoms with van der Waals surface area (Å²) in [4.78, 5) is 19.7. The van der Waals surface area contributed by atoms with Gasteiger partial charge in [0.2, 0.25) is 0 Å². The van der Waals surface area contributed by atoms with E-state index in [2.05, 4.69) is 10.2 Å². The average molecular weight is 390 g/mol. The number of aliphatic hydroxyl groups excluding tert-OH is 1.